The molecule has 1 aliphatic rings. The van der Waals surface area contributed by atoms with Crippen LogP contribution in [0.15, 0.2) is 17.5 Å². The second-order valence-electron chi connectivity index (χ2n) is 3.77. The Morgan fingerprint density at radius 2 is 2.60 bits per heavy atom. The van der Waals surface area contributed by atoms with E-state index in [-0.39, 0.29) is 17.7 Å². The second kappa shape index (κ2) is 4.88. The number of hydrogen-bond acceptors (Lipinski definition) is 4. The monoisotopic (exact) mass is 225 g/mol. The van der Waals surface area contributed by atoms with Gasteiger partial charge in [-0.15, -0.1) is 11.3 Å². The fraction of sp³-hybridized carbons (Fsp3) is 0.545. The van der Waals surface area contributed by atoms with Crippen molar-refractivity contribution in [2.24, 2.45) is 5.92 Å². The van der Waals surface area contributed by atoms with Gasteiger partial charge in [-0.2, -0.15) is 0 Å². The first-order valence-electron chi connectivity index (χ1n) is 5.18. The van der Waals surface area contributed by atoms with Crippen LogP contribution in [0.5, 0.6) is 0 Å². The van der Waals surface area contributed by atoms with E-state index >= 15 is 0 Å². The molecule has 1 fully saturated rings. The summed E-state index contributed by atoms with van der Waals surface area (Å²) in [6, 6.07) is 3.95. The number of carbonyl (C=O) groups is 1. The van der Waals surface area contributed by atoms with Crippen molar-refractivity contribution < 1.29 is 9.53 Å². The van der Waals surface area contributed by atoms with Crippen LogP contribution < -0.4 is 5.32 Å². The van der Waals surface area contributed by atoms with Crippen molar-refractivity contribution in [3.8, 4) is 0 Å². The van der Waals surface area contributed by atoms with Crippen LogP contribution in [0.3, 0.4) is 0 Å². The van der Waals surface area contributed by atoms with Crippen LogP contribution in [0.1, 0.15) is 16.6 Å². The average Bonchev–Trinajstić information content (AvgIpc) is 2.82. The Morgan fingerprint density at radius 3 is 3.20 bits per heavy atom. The molecule has 0 radical (unpaired) electrons. The number of Topliss-reactive ketones (excluding diaryl/α,β-unsaturated/α-hetero) is 1. The van der Waals surface area contributed by atoms with E-state index in [1.165, 1.54) is 11.3 Å². The molecule has 2 atom stereocenters. The van der Waals surface area contributed by atoms with Gasteiger partial charge in [-0.05, 0) is 11.4 Å². The molecule has 0 aliphatic carbocycles. The van der Waals surface area contributed by atoms with Crippen LogP contribution in [-0.2, 0) is 4.74 Å². The average molecular weight is 225 g/mol. The van der Waals surface area contributed by atoms with Crippen LogP contribution in [-0.4, -0.2) is 31.6 Å². The molecule has 1 aromatic heterocycles. The van der Waals surface area contributed by atoms with E-state index in [0.717, 1.165) is 18.0 Å². The summed E-state index contributed by atoms with van der Waals surface area (Å²) in [4.78, 5) is 12.9. The van der Waals surface area contributed by atoms with Crippen LogP contribution in [0.25, 0.3) is 0 Å². The number of morpholine rings is 1. The Bertz CT molecular complexity index is 317. The number of carbonyl (C=O) groups excluding carboxylic acids is 1. The quantitative estimate of drug-likeness (QED) is 0.793. The Hall–Kier alpha value is -0.710. The first-order valence-corrected chi connectivity index (χ1v) is 6.06. The smallest absolute Gasteiger partial charge is 0.177 e. The molecule has 1 aliphatic heterocycles. The summed E-state index contributed by atoms with van der Waals surface area (Å²) in [6.45, 7) is 4.19. The van der Waals surface area contributed by atoms with Gasteiger partial charge in [-0.3, -0.25) is 4.79 Å². The number of nitrogens with one attached hydrogen (secondary N) is 1. The standard InChI is InChI=1S/C11H15NO2S/c1-8(9-7-14-5-4-12-9)11(13)10-3-2-6-15-10/h2-3,6,8-9,12H,4-5,7H2,1H3. The van der Waals surface area contributed by atoms with Gasteiger partial charge in [0, 0.05) is 18.5 Å². The van der Waals surface area contributed by atoms with E-state index in [9.17, 15) is 4.79 Å². The summed E-state index contributed by atoms with van der Waals surface area (Å²) >= 11 is 1.51. The van der Waals surface area contributed by atoms with Crippen molar-refractivity contribution in [2.45, 2.75) is 13.0 Å². The lowest BCUT2D eigenvalue weighted by Crippen LogP contribution is -2.47. The number of thiophene rings is 1. The molecule has 1 saturated heterocycles. The lowest BCUT2D eigenvalue weighted by Gasteiger charge is -2.27. The van der Waals surface area contributed by atoms with E-state index in [0.29, 0.717) is 6.61 Å². The normalized spacial score (nSPS) is 23.7. The molecule has 15 heavy (non-hydrogen) atoms. The zero-order chi connectivity index (χ0) is 10.7. The minimum atomic E-state index is -0.0102. The molecule has 2 rings (SSSR count). The Labute approximate surface area is 93.4 Å². The summed E-state index contributed by atoms with van der Waals surface area (Å²) in [5.74, 6) is 0.206. The third kappa shape index (κ3) is 2.45. The van der Waals surface area contributed by atoms with Gasteiger partial charge in [-0.25, -0.2) is 0 Å². The first kappa shape index (κ1) is 10.8. The van der Waals surface area contributed by atoms with Crippen LogP contribution in [0.4, 0.5) is 0 Å². The van der Waals surface area contributed by atoms with Crippen molar-refractivity contribution in [3.63, 3.8) is 0 Å². The van der Waals surface area contributed by atoms with Gasteiger partial charge in [0.1, 0.15) is 0 Å². The van der Waals surface area contributed by atoms with Crippen molar-refractivity contribution >= 4 is 17.1 Å². The molecule has 0 aromatic carbocycles. The minimum absolute atomic E-state index is 0.0102. The molecule has 4 heteroatoms. The predicted molar refractivity (Wildman–Crippen MR) is 60.4 cm³/mol. The third-order valence-electron chi connectivity index (χ3n) is 2.73. The van der Waals surface area contributed by atoms with Gasteiger partial charge >= 0.3 is 0 Å². The molecule has 0 saturated carbocycles. The van der Waals surface area contributed by atoms with Crippen molar-refractivity contribution in [1.82, 2.24) is 5.32 Å². The van der Waals surface area contributed by atoms with Gasteiger partial charge in [-0.1, -0.05) is 13.0 Å². The molecule has 1 N–H and O–H groups in total. The maximum Gasteiger partial charge on any atom is 0.177 e. The highest BCUT2D eigenvalue weighted by Crippen LogP contribution is 2.18. The highest BCUT2D eigenvalue weighted by Gasteiger charge is 2.26. The molecular formula is C11H15NO2S. The molecular weight excluding hydrogens is 210 g/mol. The zero-order valence-corrected chi connectivity index (χ0v) is 9.55. The molecule has 3 nitrogen and oxygen atoms in total. The lowest BCUT2D eigenvalue weighted by atomic mass is 9.96. The second-order valence-corrected chi connectivity index (χ2v) is 4.71. The number of hydrogen-bond donors (Lipinski definition) is 1. The summed E-state index contributed by atoms with van der Waals surface area (Å²) in [6.07, 6.45) is 0. The number of ether oxygens (including phenoxy) is 1. The maximum atomic E-state index is 12.0. The van der Waals surface area contributed by atoms with E-state index in [1.54, 1.807) is 0 Å². The summed E-state index contributed by atoms with van der Waals surface area (Å²) in [5, 5.41) is 5.26. The Kier molecular flexibility index (Phi) is 3.51. The lowest BCUT2D eigenvalue weighted by molar-refractivity contribution is 0.0533. The molecule has 1 aromatic rings. The van der Waals surface area contributed by atoms with Crippen molar-refractivity contribution in [3.05, 3.63) is 22.4 Å². The van der Waals surface area contributed by atoms with Crippen LogP contribution in [0.2, 0.25) is 0 Å². The molecule has 2 heterocycles. The summed E-state index contributed by atoms with van der Waals surface area (Å²) < 4.78 is 5.36. The maximum absolute atomic E-state index is 12.0. The van der Waals surface area contributed by atoms with E-state index in [4.69, 9.17) is 4.74 Å². The highest BCUT2D eigenvalue weighted by atomic mass is 32.1. The van der Waals surface area contributed by atoms with Gasteiger partial charge in [0.2, 0.25) is 0 Å². The number of ketones is 1. The van der Waals surface area contributed by atoms with Gasteiger partial charge in [0.05, 0.1) is 18.1 Å². The van der Waals surface area contributed by atoms with E-state index in [2.05, 4.69) is 5.32 Å². The van der Waals surface area contributed by atoms with Gasteiger partial charge < -0.3 is 10.1 Å². The largest absolute Gasteiger partial charge is 0.378 e. The third-order valence-corrected chi connectivity index (χ3v) is 3.62. The van der Waals surface area contributed by atoms with E-state index < -0.39 is 0 Å². The molecule has 82 valence electrons. The van der Waals surface area contributed by atoms with Crippen LogP contribution >= 0.6 is 11.3 Å². The summed E-state index contributed by atoms with van der Waals surface area (Å²) in [7, 11) is 0. The fourth-order valence-electron chi connectivity index (χ4n) is 1.73. The highest BCUT2D eigenvalue weighted by molar-refractivity contribution is 7.12. The zero-order valence-electron chi connectivity index (χ0n) is 8.73. The molecule has 0 bridgehead atoms. The fourth-order valence-corrected chi connectivity index (χ4v) is 2.50. The predicted octanol–water partition coefficient (Wildman–Crippen LogP) is 1.56. The van der Waals surface area contributed by atoms with Crippen molar-refractivity contribution in [2.75, 3.05) is 19.8 Å². The van der Waals surface area contributed by atoms with Gasteiger partial charge in [0.25, 0.3) is 0 Å². The Morgan fingerprint density at radius 1 is 1.73 bits per heavy atom. The minimum Gasteiger partial charge on any atom is -0.378 e. The molecule has 0 amide bonds. The van der Waals surface area contributed by atoms with Crippen LogP contribution in [0, 0.1) is 5.92 Å². The Balaban J connectivity index is 2.00. The number of rotatable bonds is 3. The molecule has 2 unspecified atom stereocenters. The summed E-state index contributed by atoms with van der Waals surface area (Å²) in [5.41, 5.74) is 0. The van der Waals surface area contributed by atoms with Crippen molar-refractivity contribution in [1.29, 1.82) is 0 Å². The first-order chi connectivity index (χ1) is 7.29. The van der Waals surface area contributed by atoms with E-state index in [1.807, 2.05) is 24.4 Å². The topological polar surface area (TPSA) is 38.3 Å². The van der Waals surface area contributed by atoms with Gasteiger partial charge in [0.15, 0.2) is 5.78 Å². The SMILES string of the molecule is CC(C(=O)c1cccs1)C1COCCN1. The molecule has 0 spiro atoms.